The van der Waals surface area contributed by atoms with Gasteiger partial charge < -0.3 is 14.2 Å². The summed E-state index contributed by atoms with van der Waals surface area (Å²) < 4.78 is 53.3. The van der Waals surface area contributed by atoms with Crippen LogP contribution in [0.25, 0.3) is 11.3 Å². The lowest BCUT2D eigenvalue weighted by Crippen LogP contribution is -2.05. The highest BCUT2D eigenvalue weighted by Crippen LogP contribution is 2.41. The van der Waals surface area contributed by atoms with Crippen molar-refractivity contribution < 1.29 is 27.4 Å². The van der Waals surface area contributed by atoms with Crippen LogP contribution in [0.15, 0.2) is 30.5 Å². The average molecular weight is 313 g/mol. The molecule has 0 unspecified atom stereocenters. The van der Waals surface area contributed by atoms with E-state index in [0.29, 0.717) is 28.5 Å². The first-order valence-electron chi connectivity index (χ1n) is 6.24. The third-order valence-electron chi connectivity index (χ3n) is 3.05. The number of benzene rings is 1. The van der Waals surface area contributed by atoms with Gasteiger partial charge >= 0.3 is 6.18 Å². The third-order valence-corrected chi connectivity index (χ3v) is 3.05. The molecule has 4 nitrogen and oxygen atoms in total. The third kappa shape index (κ3) is 3.08. The van der Waals surface area contributed by atoms with Gasteiger partial charge in [0.2, 0.25) is 5.75 Å². The molecule has 0 fully saturated rings. The van der Waals surface area contributed by atoms with Gasteiger partial charge in [0.05, 0.1) is 32.6 Å². The van der Waals surface area contributed by atoms with Crippen LogP contribution in [0.1, 0.15) is 5.56 Å². The molecule has 0 aliphatic carbocycles. The summed E-state index contributed by atoms with van der Waals surface area (Å²) >= 11 is 0. The Hall–Kier alpha value is -2.44. The molecule has 0 saturated carbocycles. The predicted octanol–water partition coefficient (Wildman–Crippen LogP) is 3.79. The summed E-state index contributed by atoms with van der Waals surface area (Å²) in [4.78, 5) is 3.85. The van der Waals surface area contributed by atoms with Gasteiger partial charge in [-0.3, -0.25) is 4.98 Å². The molecule has 2 rings (SSSR count). The molecule has 7 heteroatoms. The van der Waals surface area contributed by atoms with Crippen LogP contribution in [0.5, 0.6) is 17.2 Å². The summed E-state index contributed by atoms with van der Waals surface area (Å²) in [6.07, 6.45) is -3.63. The Morgan fingerprint density at radius 3 is 1.86 bits per heavy atom. The molecule has 2 aromatic rings. The number of rotatable bonds is 4. The second kappa shape index (κ2) is 6.13. The Morgan fingerprint density at radius 2 is 1.50 bits per heavy atom. The van der Waals surface area contributed by atoms with Gasteiger partial charge in [-0.25, -0.2) is 0 Å². The van der Waals surface area contributed by atoms with Crippen LogP contribution in [-0.2, 0) is 6.18 Å². The summed E-state index contributed by atoms with van der Waals surface area (Å²) in [5.74, 6) is 1.21. The molecule has 1 aromatic carbocycles. The minimum absolute atomic E-state index is 0.368. The standard InChI is InChI=1S/C15H14F3NO3/c1-20-12-6-9(7-13(21-2)14(12)22-3)11-5-4-10(8-19-11)15(16,17)18/h4-8H,1-3H3. The number of methoxy groups -OCH3 is 3. The molecular weight excluding hydrogens is 299 g/mol. The Morgan fingerprint density at radius 1 is 0.909 bits per heavy atom. The minimum atomic E-state index is -4.42. The first-order valence-corrected chi connectivity index (χ1v) is 6.24. The summed E-state index contributed by atoms with van der Waals surface area (Å²) in [6.45, 7) is 0. The van der Waals surface area contributed by atoms with Gasteiger partial charge in [-0.15, -0.1) is 0 Å². The van der Waals surface area contributed by atoms with Crippen LogP contribution in [0.4, 0.5) is 13.2 Å². The lowest BCUT2D eigenvalue weighted by atomic mass is 10.1. The highest BCUT2D eigenvalue weighted by molar-refractivity contribution is 5.68. The van der Waals surface area contributed by atoms with E-state index in [1.54, 1.807) is 12.1 Å². The van der Waals surface area contributed by atoms with Crippen molar-refractivity contribution in [2.75, 3.05) is 21.3 Å². The van der Waals surface area contributed by atoms with E-state index >= 15 is 0 Å². The van der Waals surface area contributed by atoms with Crippen molar-refractivity contribution in [1.82, 2.24) is 4.98 Å². The fourth-order valence-electron chi connectivity index (χ4n) is 1.96. The second-order valence-electron chi connectivity index (χ2n) is 4.34. The summed E-state index contributed by atoms with van der Waals surface area (Å²) in [6, 6.07) is 5.52. The van der Waals surface area contributed by atoms with Crippen molar-refractivity contribution in [3.63, 3.8) is 0 Å². The first kappa shape index (κ1) is 15.9. The van der Waals surface area contributed by atoms with E-state index in [-0.39, 0.29) is 0 Å². The van der Waals surface area contributed by atoms with Crippen molar-refractivity contribution in [2.45, 2.75) is 6.18 Å². The molecule has 118 valence electrons. The molecule has 0 bridgehead atoms. The lowest BCUT2D eigenvalue weighted by Gasteiger charge is -2.14. The van der Waals surface area contributed by atoms with E-state index in [9.17, 15) is 13.2 Å². The molecule has 22 heavy (non-hydrogen) atoms. The van der Waals surface area contributed by atoms with Gasteiger partial charge in [-0.2, -0.15) is 13.2 Å². The first-order chi connectivity index (χ1) is 10.4. The quantitative estimate of drug-likeness (QED) is 0.861. The van der Waals surface area contributed by atoms with Crippen molar-refractivity contribution in [2.24, 2.45) is 0 Å². The summed E-state index contributed by atoms with van der Waals surface area (Å²) in [5.41, 5.74) is 0.124. The maximum Gasteiger partial charge on any atom is 0.417 e. The molecule has 0 aliphatic heterocycles. The minimum Gasteiger partial charge on any atom is -0.493 e. The molecule has 0 spiro atoms. The Kier molecular flexibility index (Phi) is 4.44. The number of hydrogen-bond acceptors (Lipinski definition) is 4. The van der Waals surface area contributed by atoms with Gasteiger partial charge in [0.1, 0.15) is 0 Å². The zero-order valence-corrected chi connectivity index (χ0v) is 12.2. The number of aromatic nitrogens is 1. The highest BCUT2D eigenvalue weighted by Gasteiger charge is 2.30. The van der Waals surface area contributed by atoms with E-state index in [1.807, 2.05) is 0 Å². The highest BCUT2D eigenvalue weighted by atomic mass is 19.4. The van der Waals surface area contributed by atoms with Gasteiger partial charge in [-0.05, 0) is 24.3 Å². The van der Waals surface area contributed by atoms with E-state index in [1.165, 1.54) is 27.4 Å². The molecule has 0 amide bonds. The van der Waals surface area contributed by atoms with Crippen LogP contribution in [0, 0.1) is 0 Å². The molecule has 0 radical (unpaired) electrons. The largest absolute Gasteiger partial charge is 0.493 e. The molecule has 0 saturated heterocycles. The molecule has 0 N–H and O–H groups in total. The predicted molar refractivity (Wildman–Crippen MR) is 74.3 cm³/mol. The molecule has 0 aliphatic rings. The lowest BCUT2D eigenvalue weighted by molar-refractivity contribution is -0.137. The van der Waals surface area contributed by atoms with Crippen LogP contribution in [0.2, 0.25) is 0 Å². The van der Waals surface area contributed by atoms with E-state index < -0.39 is 11.7 Å². The van der Waals surface area contributed by atoms with E-state index in [0.717, 1.165) is 12.3 Å². The van der Waals surface area contributed by atoms with Crippen molar-refractivity contribution in [3.8, 4) is 28.5 Å². The topological polar surface area (TPSA) is 40.6 Å². The SMILES string of the molecule is COc1cc(-c2ccc(C(F)(F)F)cn2)cc(OC)c1OC. The van der Waals surface area contributed by atoms with Crippen molar-refractivity contribution in [1.29, 1.82) is 0 Å². The zero-order chi connectivity index (χ0) is 16.3. The normalized spacial score (nSPS) is 11.2. The zero-order valence-electron chi connectivity index (χ0n) is 12.2. The monoisotopic (exact) mass is 313 g/mol. The van der Waals surface area contributed by atoms with Gasteiger partial charge in [-0.1, -0.05) is 0 Å². The number of pyridine rings is 1. The van der Waals surface area contributed by atoms with Crippen LogP contribution in [-0.4, -0.2) is 26.3 Å². The Balaban J connectivity index is 2.48. The smallest absolute Gasteiger partial charge is 0.417 e. The van der Waals surface area contributed by atoms with Crippen LogP contribution >= 0.6 is 0 Å². The molecular formula is C15H14F3NO3. The maximum atomic E-state index is 12.6. The number of nitrogens with zero attached hydrogens (tertiary/aromatic N) is 1. The van der Waals surface area contributed by atoms with Crippen molar-refractivity contribution >= 4 is 0 Å². The van der Waals surface area contributed by atoms with E-state index in [2.05, 4.69) is 4.98 Å². The second-order valence-corrected chi connectivity index (χ2v) is 4.34. The Labute approximate surface area is 125 Å². The average Bonchev–Trinajstić information content (AvgIpc) is 2.52. The number of halogens is 3. The fourth-order valence-corrected chi connectivity index (χ4v) is 1.96. The molecule has 1 heterocycles. The number of hydrogen-bond donors (Lipinski definition) is 0. The van der Waals surface area contributed by atoms with E-state index in [4.69, 9.17) is 14.2 Å². The number of alkyl halides is 3. The van der Waals surface area contributed by atoms with Gasteiger partial charge in [0, 0.05) is 11.8 Å². The van der Waals surface area contributed by atoms with Gasteiger partial charge in [0.15, 0.2) is 11.5 Å². The summed E-state index contributed by atoms with van der Waals surface area (Å²) in [5, 5.41) is 0. The number of ether oxygens (including phenoxy) is 3. The van der Waals surface area contributed by atoms with Crippen molar-refractivity contribution in [3.05, 3.63) is 36.0 Å². The fraction of sp³-hybridized carbons (Fsp3) is 0.267. The Bertz CT molecular complexity index is 629. The van der Waals surface area contributed by atoms with Crippen LogP contribution in [0.3, 0.4) is 0 Å². The summed E-state index contributed by atoms with van der Waals surface area (Å²) in [7, 11) is 4.39. The van der Waals surface area contributed by atoms with Gasteiger partial charge in [0.25, 0.3) is 0 Å². The van der Waals surface area contributed by atoms with Crippen LogP contribution < -0.4 is 14.2 Å². The molecule has 1 aromatic heterocycles. The molecule has 0 atom stereocenters. The maximum absolute atomic E-state index is 12.6.